The van der Waals surface area contributed by atoms with Gasteiger partial charge in [-0.1, -0.05) is 62.1 Å². The van der Waals surface area contributed by atoms with Gasteiger partial charge in [0.2, 0.25) is 0 Å². The number of amidine groups is 2. The number of nitrogens with one attached hydrogen (secondary N) is 2. The molecule has 1 aromatic heterocycles. The van der Waals surface area contributed by atoms with Crippen LogP contribution in [-0.4, -0.2) is 24.3 Å². The van der Waals surface area contributed by atoms with Crippen LogP contribution in [0.4, 0.5) is 13.2 Å². The molecule has 0 amide bonds. The summed E-state index contributed by atoms with van der Waals surface area (Å²) < 4.78 is 41.0. The smallest absolute Gasteiger partial charge is 0.384 e. The fraction of sp³-hybridized carbons (Fsp3) is 0.231. The van der Waals surface area contributed by atoms with E-state index in [4.69, 9.17) is 0 Å². The molecule has 2 N–H and O–H groups in total. The first-order valence-electron chi connectivity index (χ1n) is 11.0. The molecule has 8 heteroatoms. The molecule has 4 rings (SSSR count). The minimum absolute atomic E-state index is 0.0410. The van der Waals surface area contributed by atoms with Crippen molar-refractivity contribution in [1.82, 2.24) is 10.6 Å². The number of hydrogen-bond acceptors (Lipinski definition) is 5. The third kappa shape index (κ3) is 5.39. The minimum atomic E-state index is -4.51. The lowest BCUT2D eigenvalue weighted by Gasteiger charge is -2.28. The lowest BCUT2D eigenvalue weighted by atomic mass is 9.92. The van der Waals surface area contributed by atoms with Crippen molar-refractivity contribution in [3.63, 3.8) is 0 Å². The lowest BCUT2D eigenvalue weighted by molar-refractivity contribution is -0.137. The summed E-state index contributed by atoms with van der Waals surface area (Å²) in [5.41, 5.74) is 0.712. The molecule has 2 heterocycles. The molecule has 1 aliphatic heterocycles. The lowest BCUT2D eigenvalue weighted by Crippen LogP contribution is -2.39. The maximum absolute atomic E-state index is 13.7. The molecule has 2 aromatic rings. The molecule has 0 saturated carbocycles. The molecular formula is C26H25F3N4S. The molecule has 4 nitrogen and oxygen atoms in total. The van der Waals surface area contributed by atoms with Gasteiger partial charge in [-0.15, -0.1) is 11.3 Å². The number of benzene rings is 1. The molecule has 0 fully saturated rings. The molecule has 1 aromatic carbocycles. The molecule has 2 unspecified atom stereocenters. The second-order valence-corrected chi connectivity index (χ2v) is 8.84. The normalized spacial score (nSPS) is 19.8. The van der Waals surface area contributed by atoms with Crippen molar-refractivity contribution >= 4 is 28.7 Å². The fourth-order valence-electron chi connectivity index (χ4n) is 3.77. The van der Waals surface area contributed by atoms with Crippen LogP contribution in [0.2, 0.25) is 0 Å². The van der Waals surface area contributed by atoms with Crippen LogP contribution in [0.25, 0.3) is 5.70 Å². The van der Waals surface area contributed by atoms with Crippen LogP contribution in [0.1, 0.15) is 29.3 Å². The van der Waals surface area contributed by atoms with Crippen LogP contribution in [0, 0.1) is 5.92 Å². The van der Waals surface area contributed by atoms with Crippen molar-refractivity contribution in [1.29, 1.82) is 0 Å². The van der Waals surface area contributed by atoms with Gasteiger partial charge in [0.15, 0.2) is 5.84 Å². The Bertz CT molecular complexity index is 1190. The number of allylic oxidation sites excluding steroid dienone is 3. The van der Waals surface area contributed by atoms with Crippen LogP contribution in [0.15, 0.2) is 94.4 Å². The van der Waals surface area contributed by atoms with Gasteiger partial charge in [0.1, 0.15) is 5.84 Å². The Kier molecular flexibility index (Phi) is 7.17. The van der Waals surface area contributed by atoms with Gasteiger partial charge in [0.25, 0.3) is 0 Å². The standard InChI is InChI=1S/C26H25F3N4S/c1-3-14-30-22(23-13-8-15-34-23)16-17(2)31-25-19-10-5-7-12-21(19)32-24(33-25)18-9-4-6-11-20(18)26(27,28)29/h4-13,15-16,19,21,30H,2-3,14H2,1H3,(H,31,32,33)/b22-16-. The van der Waals surface area contributed by atoms with Crippen molar-refractivity contribution < 1.29 is 13.2 Å². The van der Waals surface area contributed by atoms with E-state index in [0.29, 0.717) is 11.5 Å². The molecular weight excluding hydrogens is 457 g/mol. The second kappa shape index (κ2) is 10.3. The molecule has 34 heavy (non-hydrogen) atoms. The number of nitrogens with zero attached hydrogens (tertiary/aromatic N) is 2. The first-order chi connectivity index (χ1) is 16.4. The van der Waals surface area contributed by atoms with Gasteiger partial charge in [0, 0.05) is 17.8 Å². The van der Waals surface area contributed by atoms with E-state index in [2.05, 4.69) is 34.1 Å². The molecule has 2 atom stereocenters. The van der Waals surface area contributed by atoms with E-state index in [1.807, 2.05) is 47.9 Å². The Balaban J connectivity index is 1.67. The number of halogens is 3. The maximum atomic E-state index is 13.7. The van der Waals surface area contributed by atoms with Crippen molar-refractivity contribution in [3.8, 4) is 0 Å². The third-order valence-electron chi connectivity index (χ3n) is 5.35. The van der Waals surface area contributed by atoms with Crippen molar-refractivity contribution in [2.75, 3.05) is 6.54 Å². The molecule has 176 valence electrons. The van der Waals surface area contributed by atoms with E-state index in [1.165, 1.54) is 12.1 Å². The van der Waals surface area contributed by atoms with Crippen LogP contribution >= 0.6 is 11.3 Å². The number of rotatable bonds is 7. The Labute approximate surface area is 201 Å². The van der Waals surface area contributed by atoms with E-state index in [0.717, 1.165) is 29.6 Å². The zero-order chi connectivity index (χ0) is 24.1. The summed E-state index contributed by atoms with van der Waals surface area (Å²) in [6.07, 6.45) is 5.91. The number of fused-ring (bicyclic) bond motifs is 1. The number of alkyl halides is 3. The van der Waals surface area contributed by atoms with Crippen molar-refractivity contribution in [2.45, 2.75) is 25.6 Å². The maximum Gasteiger partial charge on any atom is 0.417 e. The third-order valence-corrected chi connectivity index (χ3v) is 6.26. The average molecular weight is 483 g/mol. The quantitative estimate of drug-likeness (QED) is 0.463. The van der Waals surface area contributed by atoms with E-state index < -0.39 is 11.7 Å². The highest BCUT2D eigenvalue weighted by atomic mass is 32.1. The largest absolute Gasteiger partial charge is 0.417 e. The van der Waals surface area contributed by atoms with Gasteiger partial charge >= 0.3 is 6.18 Å². The van der Waals surface area contributed by atoms with Gasteiger partial charge in [-0.3, -0.25) is 4.99 Å². The van der Waals surface area contributed by atoms with Gasteiger partial charge in [0.05, 0.1) is 28.1 Å². The molecule has 1 aliphatic carbocycles. The summed E-state index contributed by atoms with van der Waals surface area (Å²) in [7, 11) is 0. The number of aliphatic imine (C=N–C) groups is 2. The highest BCUT2D eigenvalue weighted by molar-refractivity contribution is 7.11. The molecule has 0 radical (unpaired) electrons. The van der Waals surface area contributed by atoms with Gasteiger partial charge in [-0.25, -0.2) is 4.99 Å². The van der Waals surface area contributed by atoms with Crippen LogP contribution in [0.3, 0.4) is 0 Å². The topological polar surface area (TPSA) is 48.8 Å². The van der Waals surface area contributed by atoms with E-state index in [9.17, 15) is 13.2 Å². The highest BCUT2D eigenvalue weighted by Gasteiger charge is 2.36. The molecule has 0 spiro atoms. The van der Waals surface area contributed by atoms with Gasteiger partial charge in [-0.05, 0) is 30.0 Å². The minimum Gasteiger partial charge on any atom is -0.384 e. The predicted molar refractivity (Wildman–Crippen MR) is 134 cm³/mol. The Morgan fingerprint density at radius 3 is 2.68 bits per heavy atom. The van der Waals surface area contributed by atoms with Crippen LogP contribution in [0.5, 0.6) is 0 Å². The summed E-state index contributed by atoms with van der Waals surface area (Å²) in [5, 5.41) is 8.66. The van der Waals surface area contributed by atoms with Crippen molar-refractivity contribution in [3.05, 3.63) is 100 Å². The van der Waals surface area contributed by atoms with E-state index in [-0.39, 0.29) is 23.4 Å². The molecule has 0 saturated heterocycles. The van der Waals surface area contributed by atoms with Crippen molar-refractivity contribution in [2.24, 2.45) is 15.9 Å². The zero-order valence-corrected chi connectivity index (χ0v) is 19.5. The summed E-state index contributed by atoms with van der Waals surface area (Å²) in [6, 6.07) is 9.04. The van der Waals surface area contributed by atoms with E-state index in [1.54, 1.807) is 17.4 Å². The average Bonchev–Trinajstić information content (AvgIpc) is 3.36. The summed E-state index contributed by atoms with van der Waals surface area (Å²) in [4.78, 5) is 10.2. The SMILES string of the molecule is C=C(/C=C(\NCCC)c1cccs1)NC1=NC(c2ccccc2C(F)(F)F)=NC2C=CC=CC12. The predicted octanol–water partition coefficient (Wildman–Crippen LogP) is 6.18. The van der Waals surface area contributed by atoms with Crippen LogP contribution < -0.4 is 10.6 Å². The Morgan fingerprint density at radius 1 is 1.15 bits per heavy atom. The number of hydrogen-bond donors (Lipinski definition) is 2. The summed E-state index contributed by atoms with van der Waals surface area (Å²) in [6.45, 7) is 7.03. The fourth-order valence-corrected chi connectivity index (χ4v) is 4.49. The first-order valence-corrected chi connectivity index (χ1v) is 11.9. The molecule has 2 aliphatic rings. The first kappa shape index (κ1) is 23.8. The summed E-state index contributed by atoms with van der Waals surface area (Å²) in [5.74, 6) is 0.344. The Hall–Kier alpha value is -3.39. The highest BCUT2D eigenvalue weighted by Crippen LogP contribution is 2.34. The number of thiophene rings is 1. The van der Waals surface area contributed by atoms with Gasteiger partial charge in [-0.2, -0.15) is 13.2 Å². The molecule has 0 bridgehead atoms. The zero-order valence-electron chi connectivity index (χ0n) is 18.6. The monoisotopic (exact) mass is 482 g/mol. The van der Waals surface area contributed by atoms with Crippen LogP contribution in [-0.2, 0) is 6.18 Å². The van der Waals surface area contributed by atoms with Gasteiger partial charge < -0.3 is 10.6 Å². The van der Waals surface area contributed by atoms with E-state index >= 15 is 0 Å². The second-order valence-electron chi connectivity index (χ2n) is 7.89. The Morgan fingerprint density at radius 2 is 1.94 bits per heavy atom. The summed E-state index contributed by atoms with van der Waals surface area (Å²) >= 11 is 1.61.